The molecule has 6 heteroatoms. The summed E-state index contributed by atoms with van der Waals surface area (Å²) in [6.07, 6.45) is 4.00. The highest BCUT2D eigenvalue weighted by atomic mass is 35.5. The molecule has 0 radical (unpaired) electrons. The summed E-state index contributed by atoms with van der Waals surface area (Å²) in [5.41, 5.74) is 1.67. The first kappa shape index (κ1) is 17.7. The number of hydrogen-bond donors (Lipinski definition) is 1. The number of amides is 1. The molecule has 0 aliphatic heterocycles. The maximum atomic E-state index is 13.0. The van der Waals surface area contributed by atoms with E-state index in [-0.39, 0.29) is 17.4 Å². The predicted octanol–water partition coefficient (Wildman–Crippen LogP) is 4.48. The molecule has 0 bridgehead atoms. The molecule has 1 aliphatic rings. The Balaban J connectivity index is 1.76. The van der Waals surface area contributed by atoms with Crippen LogP contribution < -0.4 is 10.9 Å². The summed E-state index contributed by atoms with van der Waals surface area (Å²) in [7, 11) is 0. The van der Waals surface area contributed by atoms with Gasteiger partial charge in [0.1, 0.15) is 5.82 Å². The van der Waals surface area contributed by atoms with Gasteiger partial charge in [0.2, 0.25) is 5.91 Å². The maximum absolute atomic E-state index is 13.0. The summed E-state index contributed by atoms with van der Waals surface area (Å²) in [5, 5.41) is 3.93. The molecule has 1 saturated carbocycles. The number of carbonyl (C=O) groups is 1. The standard InChI is InChI=1S/C21H20ClN3O2/c1-13-23-18-9-5-4-8-16(18)21(27)25(13)15-10-11-17(22)19(12-15)24-20(26)14-6-2-3-7-14/h4-5,8-12,14H,2-3,6-7H2,1H3,(H,24,26). The van der Waals surface area contributed by atoms with Crippen LogP contribution in [0.15, 0.2) is 47.3 Å². The lowest BCUT2D eigenvalue weighted by Crippen LogP contribution is -2.23. The zero-order valence-electron chi connectivity index (χ0n) is 15.0. The first-order chi connectivity index (χ1) is 13.0. The summed E-state index contributed by atoms with van der Waals surface area (Å²) in [6.45, 7) is 1.79. The number of para-hydroxylation sites is 1. The smallest absolute Gasteiger partial charge is 0.265 e. The van der Waals surface area contributed by atoms with Crippen molar-refractivity contribution in [3.8, 4) is 5.69 Å². The van der Waals surface area contributed by atoms with E-state index in [1.54, 1.807) is 35.8 Å². The molecular formula is C21H20ClN3O2. The van der Waals surface area contributed by atoms with Crippen LogP contribution in [-0.2, 0) is 4.79 Å². The SMILES string of the molecule is Cc1nc2ccccc2c(=O)n1-c1ccc(Cl)c(NC(=O)C2CCCC2)c1. The Kier molecular flexibility index (Phi) is 4.70. The van der Waals surface area contributed by atoms with E-state index in [1.165, 1.54) is 0 Å². The van der Waals surface area contributed by atoms with Crippen molar-refractivity contribution in [2.24, 2.45) is 5.92 Å². The molecule has 2 aromatic carbocycles. The second-order valence-electron chi connectivity index (χ2n) is 6.95. The average molecular weight is 382 g/mol. The third-order valence-corrected chi connectivity index (χ3v) is 5.46. The zero-order chi connectivity index (χ0) is 19.0. The number of carbonyl (C=O) groups excluding carboxylic acids is 1. The van der Waals surface area contributed by atoms with E-state index in [4.69, 9.17) is 11.6 Å². The van der Waals surface area contributed by atoms with Gasteiger partial charge in [-0.15, -0.1) is 0 Å². The van der Waals surface area contributed by atoms with Gasteiger partial charge in [-0.2, -0.15) is 0 Å². The number of benzene rings is 2. The molecule has 1 heterocycles. The minimum atomic E-state index is -0.145. The monoisotopic (exact) mass is 381 g/mol. The van der Waals surface area contributed by atoms with Gasteiger partial charge >= 0.3 is 0 Å². The molecule has 0 atom stereocenters. The van der Waals surface area contributed by atoms with Crippen LogP contribution in [0.4, 0.5) is 5.69 Å². The minimum Gasteiger partial charge on any atom is -0.324 e. The van der Waals surface area contributed by atoms with Crippen LogP contribution in [0, 0.1) is 12.8 Å². The third kappa shape index (κ3) is 3.35. The van der Waals surface area contributed by atoms with Crippen LogP contribution in [0.2, 0.25) is 5.02 Å². The van der Waals surface area contributed by atoms with Gasteiger partial charge in [0.25, 0.3) is 5.56 Å². The molecule has 1 aliphatic carbocycles. The summed E-state index contributed by atoms with van der Waals surface area (Å²) >= 11 is 6.29. The average Bonchev–Trinajstić information content (AvgIpc) is 3.19. The third-order valence-electron chi connectivity index (χ3n) is 5.14. The summed E-state index contributed by atoms with van der Waals surface area (Å²) in [5.74, 6) is 0.609. The largest absolute Gasteiger partial charge is 0.324 e. The number of aromatic nitrogens is 2. The van der Waals surface area contributed by atoms with Gasteiger partial charge in [0.15, 0.2) is 0 Å². The molecule has 1 amide bonds. The Morgan fingerprint density at radius 1 is 1.19 bits per heavy atom. The second kappa shape index (κ2) is 7.16. The van der Waals surface area contributed by atoms with Crippen LogP contribution in [0.1, 0.15) is 31.5 Å². The van der Waals surface area contributed by atoms with E-state index in [1.807, 2.05) is 18.2 Å². The highest BCUT2D eigenvalue weighted by Crippen LogP contribution is 2.29. The number of rotatable bonds is 3. The van der Waals surface area contributed by atoms with Gasteiger partial charge in [-0.3, -0.25) is 14.2 Å². The summed E-state index contributed by atoms with van der Waals surface area (Å²) in [4.78, 5) is 30.0. The number of nitrogens with one attached hydrogen (secondary N) is 1. The van der Waals surface area contributed by atoms with Crippen molar-refractivity contribution in [2.75, 3.05) is 5.32 Å². The highest BCUT2D eigenvalue weighted by Gasteiger charge is 2.23. The van der Waals surface area contributed by atoms with Crippen LogP contribution in [0.3, 0.4) is 0 Å². The van der Waals surface area contributed by atoms with Crippen molar-refractivity contribution >= 4 is 34.1 Å². The Labute approximate surface area is 162 Å². The molecule has 0 spiro atoms. The molecule has 0 saturated heterocycles. The molecule has 1 aromatic heterocycles. The topological polar surface area (TPSA) is 64.0 Å². The Morgan fingerprint density at radius 3 is 2.70 bits per heavy atom. The van der Waals surface area contributed by atoms with Gasteiger partial charge in [-0.05, 0) is 50.1 Å². The molecule has 0 unspecified atom stereocenters. The van der Waals surface area contributed by atoms with Crippen LogP contribution in [0.5, 0.6) is 0 Å². The van der Waals surface area contributed by atoms with Crippen LogP contribution >= 0.6 is 11.6 Å². The number of halogens is 1. The first-order valence-corrected chi connectivity index (χ1v) is 9.51. The fourth-order valence-corrected chi connectivity index (χ4v) is 3.88. The minimum absolute atomic E-state index is 0.00717. The Hall–Kier alpha value is -2.66. The van der Waals surface area contributed by atoms with Gasteiger partial charge in [0.05, 0.1) is 27.3 Å². The number of hydrogen-bond acceptors (Lipinski definition) is 3. The summed E-state index contributed by atoms with van der Waals surface area (Å²) in [6, 6.07) is 12.5. The van der Waals surface area contributed by atoms with E-state index in [0.717, 1.165) is 25.7 Å². The van der Waals surface area contributed by atoms with Gasteiger partial charge in [-0.25, -0.2) is 4.98 Å². The number of nitrogens with zero attached hydrogens (tertiary/aromatic N) is 2. The van der Waals surface area contributed by atoms with Crippen molar-refractivity contribution in [3.05, 3.63) is 63.7 Å². The van der Waals surface area contributed by atoms with Gasteiger partial charge in [0, 0.05) is 5.92 Å². The normalized spacial score (nSPS) is 14.6. The maximum Gasteiger partial charge on any atom is 0.265 e. The molecule has 138 valence electrons. The molecule has 1 N–H and O–H groups in total. The fourth-order valence-electron chi connectivity index (χ4n) is 3.72. The van der Waals surface area contributed by atoms with Gasteiger partial charge in [-0.1, -0.05) is 36.6 Å². The second-order valence-corrected chi connectivity index (χ2v) is 7.36. The number of anilines is 1. The lowest BCUT2D eigenvalue weighted by molar-refractivity contribution is -0.119. The van der Waals surface area contributed by atoms with Crippen molar-refractivity contribution in [2.45, 2.75) is 32.6 Å². The van der Waals surface area contributed by atoms with Gasteiger partial charge < -0.3 is 5.32 Å². The predicted molar refractivity (Wildman–Crippen MR) is 108 cm³/mol. The van der Waals surface area contributed by atoms with Crippen molar-refractivity contribution in [1.82, 2.24) is 9.55 Å². The van der Waals surface area contributed by atoms with E-state index in [9.17, 15) is 9.59 Å². The summed E-state index contributed by atoms with van der Waals surface area (Å²) < 4.78 is 1.55. The van der Waals surface area contributed by atoms with E-state index >= 15 is 0 Å². The fraction of sp³-hybridized carbons (Fsp3) is 0.286. The highest BCUT2D eigenvalue weighted by molar-refractivity contribution is 6.33. The number of aryl methyl sites for hydroxylation is 1. The van der Waals surface area contributed by atoms with E-state index in [0.29, 0.717) is 33.1 Å². The first-order valence-electron chi connectivity index (χ1n) is 9.14. The van der Waals surface area contributed by atoms with E-state index < -0.39 is 0 Å². The Morgan fingerprint density at radius 2 is 1.93 bits per heavy atom. The molecule has 4 rings (SSSR count). The molecule has 1 fully saturated rings. The molecular weight excluding hydrogens is 362 g/mol. The quantitative estimate of drug-likeness (QED) is 0.727. The van der Waals surface area contributed by atoms with E-state index in [2.05, 4.69) is 10.3 Å². The molecule has 5 nitrogen and oxygen atoms in total. The number of fused-ring (bicyclic) bond motifs is 1. The zero-order valence-corrected chi connectivity index (χ0v) is 15.8. The van der Waals surface area contributed by atoms with Crippen molar-refractivity contribution in [3.63, 3.8) is 0 Å². The lowest BCUT2D eigenvalue weighted by atomic mass is 10.1. The lowest BCUT2D eigenvalue weighted by Gasteiger charge is -2.15. The molecule has 3 aromatic rings. The van der Waals surface area contributed by atoms with Crippen LogP contribution in [-0.4, -0.2) is 15.5 Å². The van der Waals surface area contributed by atoms with Crippen molar-refractivity contribution < 1.29 is 4.79 Å². The van der Waals surface area contributed by atoms with Crippen LogP contribution in [0.25, 0.3) is 16.6 Å². The Bertz CT molecular complexity index is 1080. The van der Waals surface area contributed by atoms with Crippen molar-refractivity contribution in [1.29, 1.82) is 0 Å². The molecule has 27 heavy (non-hydrogen) atoms.